The Bertz CT molecular complexity index is 1420. The lowest BCUT2D eigenvalue weighted by Gasteiger charge is -2.28. The molecule has 0 aliphatic carbocycles. The number of carbonyl (C=O) groups excluding carboxylic acids is 1. The lowest BCUT2D eigenvalue weighted by molar-refractivity contribution is -0.122. The largest absolute Gasteiger partial charge is 0.481 e. The highest BCUT2D eigenvalue weighted by atomic mass is 19.1. The molecule has 1 unspecified atom stereocenters. The van der Waals surface area contributed by atoms with E-state index in [0.717, 1.165) is 17.7 Å². The Morgan fingerprint density at radius 2 is 1.81 bits per heavy atom. The summed E-state index contributed by atoms with van der Waals surface area (Å²) >= 11 is 0. The number of carbonyl (C=O) groups is 1. The molecule has 1 aliphatic rings. The molecule has 0 radical (unpaired) electrons. The van der Waals surface area contributed by atoms with Gasteiger partial charge in [-0.05, 0) is 23.8 Å². The molecule has 2 aromatic carbocycles. The highest BCUT2D eigenvalue weighted by Crippen LogP contribution is 2.40. The maximum absolute atomic E-state index is 14.6. The molecule has 0 saturated heterocycles. The summed E-state index contributed by atoms with van der Waals surface area (Å²) in [4.78, 5) is 29.0. The molecule has 0 spiro atoms. The minimum atomic E-state index is -1.22. The monoisotopic (exact) mass is 509 g/mol. The van der Waals surface area contributed by atoms with Crippen LogP contribution in [-0.4, -0.2) is 29.5 Å². The van der Waals surface area contributed by atoms with E-state index in [1.165, 1.54) is 12.1 Å². The molecule has 192 valence electrons. The quantitative estimate of drug-likeness (QED) is 0.403. The van der Waals surface area contributed by atoms with Gasteiger partial charge >= 0.3 is 0 Å². The molecule has 37 heavy (non-hydrogen) atoms. The number of benzene rings is 2. The minimum absolute atomic E-state index is 0.0639. The molecule has 4 rings (SSSR count). The summed E-state index contributed by atoms with van der Waals surface area (Å²) in [6, 6.07) is 7.40. The van der Waals surface area contributed by atoms with Crippen molar-refractivity contribution in [3.63, 3.8) is 0 Å². The number of pyridine rings is 1. The highest BCUT2D eigenvalue weighted by Gasteiger charge is 2.46. The van der Waals surface area contributed by atoms with E-state index >= 15 is 0 Å². The fourth-order valence-electron chi connectivity index (χ4n) is 4.57. The number of terminal acetylenes is 1. The summed E-state index contributed by atoms with van der Waals surface area (Å²) < 4.78 is 47.4. The predicted molar refractivity (Wildman–Crippen MR) is 134 cm³/mol. The normalized spacial score (nSPS) is 16.4. The molecule has 1 aromatic heterocycles. The number of fused-ring (bicyclic) bond motifs is 1. The molecule has 0 saturated carbocycles. The number of ether oxygens (including phenoxy) is 1. The van der Waals surface area contributed by atoms with Crippen molar-refractivity contribution in [2.45, 2.75) is 44.2 Å². The van der Waals surface area contributed by atoms with Crippen LogP contribution in [0.3, 0.4) is 0 Å². The summed E-state index contributed by atoms with van der Waals surface area (Å²) in [5.74, 6) is -0.485. The average molecular weight is 510 g/mol. The van der Waals surface area contributed by atoms with Crippen LogP contribution in [0.15, 0.2) is 47.3 Å². The van der Waals surface area contributed by atoms with Crippen molar-refractivity contribution < 1.29 is 22.7 Å². The van der Waals surface area contributed by atoms with Crippen LogP contribution < -0.4 is 21.3 Å². The lowest BCUT2D eigenvalue weighted by atomic mass is 9.79. The van der Waals surface area contributed by atoms with Gasteiger partial charge in [0.05, 0.1) is 17.8 Å². The Labute approximate surface area is 212 Å². The number of aromatic amines is 1. The number of nitrogens with two attached hydrogens (primary N) is 1. The maximum Gasteiger partial charge on any atom is 0.251 e. The number of aromatic nitrogens is 1. The molecule has 3 aromatic rings. The van der Waals surface area contributed by atoms with E-state index in [2.05, 4.69) is 16.2 Å². The van der Waals surface area contributed by atoms with E-state index in [1.54, 1.807) is 32.0 Å². The van der Waals surface area contributed by atoms with Crippen LogP contribution >= 0.6 is 0 Å². The van der Waals surface area contributed by atoms with Crippen molar-refractivity contribution in [1.82, 2.24) is 4.98 Å². The maximum atomic E-state index is 14.6. The molecule has 0 fully saturated rings. The molecule has 0 amide bonds. The first-order chi connectivity index (χ1) is 17.5. The number of anilines is 1. The zero-order valence-corrected chi connectivity index (χ0v) is 20.3. The van der Waals surface area contributed by atoms with Gasteiger partial charge < -0.3 is 20.8 Å². The zero-order chi connectivity index (χ0) is 26.9. The van der Waals surface area contributed by atoms with E-state index in [1.807, 2.05) is 0 Å². The van der Waals surface area contributed by atoms with Gasteiger partial charge in [0.2, 0.25) is 0 Å². The van der Waals surface area contributed by atoms with Crippen molar-refractivity contribution >= 4 is 11.5 Å². The van der Waals surface area contributed by atoms with Crippen LogP contribution in [0.2, 0.25) is 0 Å². The van der Waals surface area contributed by atoms with Gasteiger partial charge in [-0.15, -0.1) is 6.42 Å². The Kier molecular flexibility index (Phi) is 7.14. The Morgan fingerprint density at radius 1 is 1.16 bits per heavy atom. The van der Waals surface area contributed by atoms with Crippen LogP contribution in [0.1, 0.15) is 36.2 Å². The number of halogens is 3. The topological polar surface area (TPSA) is 97.2 Å². The number of Topliss-reactive ketones (excluding diaryl/α,β-unsaturated/α-hetero) is 1. The van der Waals surface area contributed by atoms with Crippen LogP contribution in [-0.2, 0) is 23.1 Å². The van der Waals surface area contributed by atoms with Crippen molar-refractivity contribution in [2.75, 3.05) is 11.9 Å². The molecular formula is C28H26F3N3O3. The second-order valence-electron chi connectivity index (χ2n) is 9.59. The fraction of sp³-hybridized carbons (Fsp3) is 0.286. The second-order valence-corrected chi connectivity index (χ2v) is 9.59. The summed E-state index contributed by atoms with van der Waals surface area (Å²) in [7, 11) is 0. The summed E-state index contributed by atoms with van der Waals surface area (Å²) in [5.41, 5.74) is 6.87. The minimum Gasteiger partial charge on any atom is -0.481 e. The number of ketones is 1. The van der Waals surface area contributed by atoms with Crippen LogP contribution in [0.25, 0.3) is 0 Å². The standard InChI is InChI=1S/C28H26F3N3O3/c1-4-9-37-18-12-20(30)19(21(31)13-18)14-22(32)24(35)26-28(2,3)25-23(33-26)11-16(27(36)34-25)10-15-5-7-17(29)8-6-15/h1,5-8,11-13,22,26,33H,9-10,14,32H2,2-3H3,(H,34,36)/t22-,26?/m0/s1. The average Bonchev–Trinajstić information content (AvgIpc) is 3.10. The van der Waals surface area contributed by atoms with E-state index in [4.69, 9.17) is 16.9 Å². The van der Waals surface area contributed by atoms with E-state index in [-0.39, 0.29) is 42.1 Å². The van der Waals surface area contributed by atoms with E-state index < -0.39 is 34.9 Å². The van der Waals surface area contributed by atoms with E-state index in [9.17, 15) is 22.8 Å². The van der Waals surface area contributed by atoms with Gasteiger partial charge in [-0.1, -0.05) is 31.9 Å². The van der Waals surface area contributed by atoms with Crippen molar-refractivity contribution in [3.05, 3.63) is 92.7 Å². The molecule has 9 heteroatoms. The molecule has 0 bridgehead atoms. The summed E-state index contributed by atoms with van der Waals surface area (Å²) in [6.07, 6.45) is 4.99. The smallest absolute Gasteiger partial charge is 0.251 e. The molecular weight excluding hydrogens is 483 g/mol. The highest BCUT2D eigenvalue weighted by molar-refractivity contribution is 5.95. The molecule has 4 N–H and O–H groups in total. The number of hydrogen-bond acceptors (Lipinski definition) is 5. The van der Waals surface area contributed by atoms with Crippen LogP contribution in [0, 0.1) is 29.8 Å². The Morgan fingerprint density at radius 3 is 2.43 bits per heavy atom. The van der Waals surface area contributed by atoms with Gasteiger partial charge in [0.25, 0.3) is 5.56 Å². The number of rotatable bonds is 8. The molecule has 1 aliphatic heterocycles. The lowest BCUT2D eigenvalue weighted by Crippen LogP contribution is -2.49. The number of nitrogens with one attached hydrogen (secondary N) is 2. The molecule has 6 nitrogen and oxygen atoms in total. The number of H-pyrrole nitrogens is 1. The summed E-state index contributed by atoms with van der Waals surface area (Å²) in [6.45, 7) is 3.40. The third-order valence-electron chi connectivity index (χ3n) is 6.60. The number of hydrogen-bond donors (Lipinski definition) is 3. The predicted octanol–water partition coefficient (Wildman–Crippen LogP) is 3.61. The van der Waals surface area contributed by atoms with Gasteiger partial charge in [0, 0.05) is 47.2 Å². The molecule has 2 heterocycles. The first-order valence-corrected chi connectivity index (χ1v) is 11.6. The Hall–Kier alpha value is -4.03. The SMILES string of the molecule is C#CCOc1cc(F)c(C[C@H](N)C(=O)C2Nc3cc(Cc4ccc(F)cc4)c(=O)[nH]c3C2(C)C)c(F)c1. The van der Waals surface area contributed by atoms with Crippen molar-refractivity contribution in [2.24, 2.45) is 5.73 Å². The van der Waals surface area contributed by atoms with Gasteiger partial charge in [0.1, 0.15) is 29.8 Å². The van der Waals surface area contributed by atoms with Gasteiger partial charge in [-0.3, -0.25) is 9.59 Å². The van der Waals surface area contributed by atoms with Crippen molar-refractivity contribution in [1.29, 1.82) is 0 Å². The third-order valence-corrected chi connectivity index (χ3v) is 6.60. The summed E-state index contributed by atoms with van der Waals surface area (Å²) in [5, 5.41) is 3.13. The van der Waals surface area contributed by atoms with E-state index in [0.29, 0.717) is 16.9 Å². The van der Waals surface area contributed by atoms with Gasteiger partial charge in [-0.2, -0.15) is 0 Å². The third kappa shape index (κ3) is 5.25. The van der Waals surface area contributed by atoms with Gasteiger partial charge in [0.15, 0.2) is 5.78 Å². The van der Waals surface area contributed by atoms with Crippen molar-refractivity contribution in [3.8, 4) is 18.1 Å². The fourth-order valence-corrected chi connectivity index (χ4v) is 4.57. The Balaban J connectivity index is 1.54. The first kappa shape index (κ1) is 26.0. The molecule has 2 atom stereocenters. The van der Waals surface area contributed by atoms with Crippen LogP contribution in [0.5, 0.6) is 5.75 Å². The van der Waals surface area contributed by atoms with Gasteiger partial charge in [-0.25, -0.2) is 13.2 Å². The van der Waals surface area contributed by atoms with Crippen LogP contribution in [0.4, 0.5) is 18.9 Å². The second kappa shape index (κ2) is 10.1. The first-order valence-electron chi connectivity index (χ1n) is 11.6. The zero-order valence-electron chi connectivity index (χ0n) is 20.3.